The second-order valence-electron chi connectivity index (χ2n) is 5.98. The molecular formula is C14H20ClF3N4O. The summed E-state index contributed by atoms with van der Waals surface area (Å²) in [6, 6.07) is 0.929. The maximum atomic E-state index is 12.6. The SMILES string of the molecule is Cl.O=C(C1CCCN1)N1CCCC(c2cc(C(F)(F)F)n[nH]2)C1. The van der Waals surface area contributed by atoms with Gasteiger partial charge in [-0.2, -0.15) is 18.3 Å². The number of carbonyl (C=O) groups is 1. The molecule has 5 nitrogen and oxygen atoms in total. The van der Waals surface area contributed by atoms with Gasteiger partial charge in [0.25, 0.3) is 0 Å². The van der Waals surface area contributed by atoms with Crippen molar-refractivity contribution in [2.45, 2.75) is 43.8 Å². The summed E-state index contributed by atoms with van der Waals surface area (Å²) in [5.74, 6) is -0.0412. The quantitative estimate of drug-likeness (QED) is 0.858. The molecule has 3 heterocycles. The van der Waals surface area contributed by atoms with Crippen LogP contribution in [0.2, 0.25) is 0 Å². The highest BCUT2D eigenvalue weighted by Gasteiger charge is 2.36. The Balaban J connectivity index is 0.00000192. The van der Waals surface area contributed by atoms with E-state index in [1.807, 2.05) is 0 Å². The van der Waals surface area contributed by atoms with Gasteiger partial charge in [-0.1, -0.05) is 0 Å². The van der Waals surface area contributed by atoms with Crippen molar-refractivity contribution in [3.05, 3.63) is 17.5 Å². The zero-order valence-corrected chi connectivity index (χ0v) is 13.3. The average Bonchev–Trinajstić information content (AvgIpc) is 3.17. The van der Waals surface area contributed by atoms with Crippen LogP contribution in [0.15, 0.2) is 6.07 Å². The van der Waals surface area contributed by atoms with Crippen molar-refractivity contribution >= 4 is 18.3 Å². The summed E-state index contributed by atoms with van der Waals surface area (Å²) in [5.41, 5.74) is -0.437. The van der Waals surface area contributed by atoms with Gasteiger partial charge in [0.1, 0.15) is 0 Å². The van der Waals surface area contributed by atoms with E-state index in [0.717, 1.165) is 38.3 Å². The molecule has 2 unspecified atom stereocenters. The Morgan fingerprint density at radius 1 is 1.30 bits per heavy atom. The molecule has 2 aliphatic heterocycles. The molecule has 3 rings (SSSR count). The second kappa shape index (κ2) is 7.09. The monoisotopic (exact) mass is 352 g/mol. The Morgan fingerprint density at radius 2 is 2.09 bits per heavy atom. The fourth-order valence-electron chi connectivity index (χ4n) is 3.24. The Morgan fingerprint density at radius 3 is 2.70 bits per heavy atom. The van der Waals surface area contributed by atoms with Gasteiger partial charge in [-0.15, -0.1) is 12.4 Å². The van der Waals surface area contributed by atoms with E-state index in [0.29, 0.717) is 18.8 Å². The zero-order valence-electron chi connectivity index (χ0n) is 12.5. The lowest BCUT2D eigenvalue weighted by Gasteiger charge is -2.33. The minimum Gasteiger partial charge on any atom is -0.341 e. The Labute approximate surface area is 138 Å². The van der Waals surface area contributed by atoms with Gasteiger partial charge in [0.2, 0.25) is 5.91 Å². The number of aromatic amines is 1. The molecule has 1 aromatic rings. The van der Waals surface area contributed by atoms with Crippen LogP contribution in [0.5, 0.6) is 0 Å². The number of nitrogens with zero attached hydrogens (tertiary/aromatic N) is 2. The van der Waals surface area contributed by atoms with Crippen molar-refractivity contribution in [3.63, 3.8) is 0 Å². The Hall–Kier alpha value is -1.28. The molecule has 2 N–H and O–H groups in total. The molecule has 2 aliphatic rings. The summed E-state index contributed by atoms with van der Waals surface area (Å²) in [6.07, 6.45) is -1.05. The van der Waals surface area contributed by atoms with Crippen LogP contribution < -0.4 is 5.32 Å². The molecule has 130 valence electrons. The fourth-order valence-corrected chi connectivity index (χ4v) is 3.24. The van der Waals surface area contributed by atoms with Gasteiger partial charge < -0.3 is 10.2 Å². The number of H-pyrrole nitrogens is 1. The highest BCUT2D eigenvalue weighted by Crippen LogP contribution is 2.32. The van der Waals surface area contributed by atoms with E-state index in [2.05, 4.69) is 15.5 Å². The number of carbonyl (C=O) groups excluding carboxylic acids is 1. The van der Waals surface area contributed by atoms with E-state index < -0.39 is 11.9 Å². The van der Waals surface area contributed by atoms with Crippen LogP contribution in [0.4, 0.5) is 13.2 Å². The molecule has 0 radical (unpaired) electrons. The van der Waals surface area contributed by atoms with E-state index in [1.54, 1.807) is 4.90 Å². The molecule has 2 saturated heterocycles. The summed E-state index contributed by atoms with van der Waals surface area (Å²) in [5, 5.41) is 9.00. The van der Waals surface area contributed by atoms with E-state index in [9.17, 15) is 18.0 Å². The van der Waals surface area contributed by atoms with Crippen LogP contribution in [0, 0.1) is 0 Å². The number of hydrogen-bond acceptors (Lipinski definition) is 3. The average molecular weight is 353 g/mol. The topological polar surface area (TPSA) is 61.0 Å². The number of likely N-dealkylation sites (tertiary alicyclic amines) is 1. The van der Waals surface area contributed by atoms with E-state index >= 15 is 0 Å². The standard InChI is InChI=1S/C14H19F3N4O.ClH/c15-14(16,17)12-7-11(19-20-12)9-3-2-6-21(8-9)13(22)10-4-1-5-18-10;/h7,9-10,18H,1-6,8H2,(H,19,20);1H. The molecule has 2 atom stereocenters. The third kappa shape index (κ3) is 3.98. The first-order valence-corrected chi connectivity index (χ1v) is 7.60. The minimum atomic E-state index is -4.44. The van der Waals surface area contributed by atoms with Gasteiger partial charge in [-0.3, -0.25) is 9.89 Å². The summed E-state index contributed by atoms with van der Waals surface area (Å²) in [6.45, 7) is 1.98. The normalized spacial score (nSPS) is 25.3. The lowest BCUT2D eigenvalue weighted by molar-refractivity contribution is -0.141. The van der Waals surface area contributed by atoms with Gasteiger partial charge in [0.15, 0.2) is 5.69 Å². The molecule has 0 aromatic carbocycles. The van der Waals surface area contributed by atoms with Crippen molar-refractivity contribution in [2.24, 2.45) is 0 Å². The number of amides is 1. The van der Waals surface area contributed by atoms with Crippen molar-refractivity contribution in [1.82, 2.24) is 20.4 Å². The molecule has 1 amide bonds. The van der Waals surface area contributed by atoms with Gasteiger partial charge >= 0.3 is 6.18 Å². The molecule has 9 heteroatoms. The first-order valence-electron chi connectivity index (χ1n) is 7.60. The summed E-state index contributed by atoms with van der Waals surface area (Å²) >= 11 is 0. The third-order valence-electron chi connectivity index (χ3n) is 4.42. The molecule has 0 aliphatic carbocycles. The van der Waals surface area contributed by atoms with Gasteiger partial charge in [-0.25, -0.2) is 0 Å². The van der Waals surface area contributed by atoms with E-state index in [1.165, 1.54) is 0 Å². The number of hydrogen-bond donors (Lipinski definition) is 2. The van der Waals surface area contributed by atoms with Gasteiger partial charge in [0, 0.05) is 24.7 Å². The van der Waals surface area contributed by atoms with Crippen LogP contribution in [-0.2, 0) is 11.0 Å². The predicted octanol–water partition coefficient (Wildman–Crippen LogP) is 2.31. The second-order valence-corrected chi connectivity index (χ2v) is 5.98. The van der Waals surface area contributed by atoms with Crippen LogP contribution in [0.25, 0.3) is 0 Å². The van der Waals surface area contributed by atoms with Crippen molar-refractivity contribution in [2.75, 3.05) is 19.6 Å². The molecule has 23 heavy (non-hydrogen) atoms. The fraction of sp³-hybridized carbons (Fsp3) is 0.714. The van der Waals surface area contributed by atoms with Gasteiger partial charge in [0.05, 0.1) is 6.04 Å². The number of rotatable bonds is 2. The summed E-state index contributed by atoms with van der Waals surface area (Å²) in [4.78, 5) is 14.2. The molecular weight excluding hydrogens is 333 g/mol. The first kappa shape index (κ1) is 18.1. The van der Waals surface area contributed by atoms with E-state index in [4.69, 9.17) is 0 Å². The van der Waals surface area contributed by atoms with Crippen LogP contribution in [-0.4, -0.2) is 46.7 Å². The minimum absolute atomic E-state index is 0. The Bertz CT molecular complexity index is 542. The summed E-state index contributed by atoms with van der Waals surface area (Å²) < 4.78 is 37.9. The number of aromatic nitrogens is 2. The number of halogens is 4. The first-order chi connectivity index (χ1) is 10.4. The largest absolute Gasteiger partial charge is 0.435 e. The predicted molar refractivity (Wildman–Crippen MR) is 80.4 cm³/mol. The highest BCUT2D eigenvalue weighted by molar-refractivity contribution is 5.85. The highest BCUT2D eigenvalue weighted by atomic mass is 35.5. The number of nitrogens with one attached hydrogen (secondary N) is 2. The summed E-state index contributed by atoms with van der Waals surface area (Å²) in [7, 11) is 0. The molecule has 0 bridgehead atoms. The molecule has 0 spiro atoms. The maximum Gasteiger partial charge on any atom is 0.435 e. The van der Waals surface area contributed by atoms with Crippen molar-refractivity contribution in [3.8, 4) is 0 Å². The Kier molecular flexibility index (Phi) is 5.57. The van der Waals surface area contributed by atoms with Gasteiger partial charge in [-0.05, 0) is 38.3 Å². The molecule has 2 fully saturated rings. The number of alkyl halides is 3. The van der Waals surface area contributed by atoms with Crippen LogP contribution >= 0.6 is 12.4 Å². The van der Waals surface area contributed by atoms with Crippen molar-refractivity contribution in [1.29, 1.82) is 0 Å². The lowest BCUT2D eigenvalue weighted by Crippen LogP contribution is -2.47. The lowest BCUT2D eigenvalue weighted by atomic mass is 9.94. The smallest absolute Gasteiger partial charge is 0.341 e. The number of piperidine rings is 1. The van der Waals surface area contributed by atoms with Crippen LogP contribution in [0.3, 0.4) is 0 Å². The van der Waals surface area contributed by atoms with Crippen molar-refractivity contribution < 1.29 is 18.0 Å². The molecule has 0 saturated carbocycles. The third-order valence-corrected chi connectivity index (χ3v) is 4.42. The maximum absolute atomic E-state index is 12.6. The zero-order chi connectivity index (χ0) is 15.7. The molecule has 1 aromatic heterocycles. The van der Waals surface area contributed by atoms with Crippen LogP contribution in [0.1, 0.15) is 43.0 Å². The van der Waals surface area contributed by atoms with E-state index in [-0.39, 0.29) is 30.3 Å².